The van der Waals surface area contributed by atoms with Crippen molar-refractivity contribution in [2.75, 3.05) is 6.54 Å². The lowest BCUT2D eigenvalue weighted by molar-refractivity contribution is -0.120. The lowest BCUT2D eigenvalue weighted by Crippen LogP contribution is -2.25. The summed E-state index contributed by atoms with van der Waals surface area (Å²) in [6.45, 7) is 6.50. The first-order chi connectivity index (χ1) is 9.10. The summed E-state index contributed by atoms with van der Waals surface area (Å²) in [5.74, 6) is 1.21. The Morgan fingerprint density at radius 2 is 2.21 bits per heavy atom. The molecule has 1 aromatic carbocycles. The third-order valence-electron chi connectivity index (χ3n) is 2.66. The molecule has 1 unspecified atom stereocenters. The highest BCUT2D eigenvalue weighted by molar-refractivity contribution is 6.06. The Morgan fingerprint density at radius 3 is 2.89 bits per heavy atom. The van der Waals surface area contributed by atoms with Gasteiger partial charge in [-0.25, -0.2) is 0 Å². The van der Waals surface area contributed by atoms with Gasteiger partial charge in [0.2, 0.25) is 0 Å². The van der Waals surface area contributed by atoms with Gasteiger partial charge in [0.25, 0.3) is 5.91 Å². The first-order valence-corrected chi connectivity index (χ1v) is 6.48. The molecule has 1 fully saturated rings. The minimum absolute atomic E-state index is 0.0890. The normalized spacial score (nSPS) is 20.5. The van der Waals surface area contributed by atoms with Crippen molar-refractivity contribution in [2.24, 2.45) is 4.99 Å². The zero-order valence-electron chi connectivity index (χ0n) is 11.4. The Balaban J connectivity index is 2.18. The number of aliphatic imine (C=N–C) groups is 1. The Kier molecular flexibility index (Phi) is 4.04. The van der Waals surface area contributed by atoms with Crippen molar-refractivity contribution in [1.82, 2.24) is 10.6 Å². The summed E-state index contributed by atoms with van der Waals surface area (Å²) >= 11 is 0. The van der Waals surface area contributed by atoms with E-state index < -0.39 is 6.04 Å². The molecule has 1 atom stereocenters. The molecule has 1 aliphatic rings. The van der Waals surface area contributed by atoms with Gasteiger partial charge in [0.1, 0.15) is 11.8 Å². The topological polar surface area (TPSA) is 62.7 Å². The van der Waals surface area contributed by atoms with Crippen LogP contribution in [0, 0.1) is 0 Å². The first-order valence-electron chi connectivity index (χ1n) is 6.48. The Hall–Kier alpha value is -2.04. The van der Waals surface area contributed by atoms with E-state index in [-0.39, 0.29) is 12.0 Å². The minimum Gasteiger partial charge on any atom is -0.491 e. The Bertz CT molecular complexity index is 497. The smallest absolute Gasteiger partial charge is 0.253 e. The van der Waals surface area contributed by atoms with Crippen molar-refractivity contribution in [3.63, 3.8) is 0 Å². The highest BCUT2D eigenvalue weighted by Crippen LogP contribution is 2.22. The van der Waals surface area contributed by atoms with Crippen LogP contribution in [0.5, 0.6) is 5.75 Å². The number of guanidine groups is 1. The molecule has 2 N–H and O–H groups in total. The van der Waals surface area contributed by atoms with E-state index >= 15 is 0 Å². The molecule has 102 valence electrons. The highest BCUT2D eigenvalue weighted by atomic mass is 16.5. The zero-order chi connectivity index (χ0) is 13.8. The molecular formula is C14H19N3O2. The van der Waals surface area contributed by atoms with E-state index in [1.807, 2.05) is 45.0 Å². The molecule has 5 nitrogen and oxygen atoms in total. The van der Waals surface area contributed by atoms with E-state index in [4.69, 9.17) is 4.74 Å². The van der Waals surface area contributed by atoms with E-state index in [0.29, 0.717) is 12.5 Å². The summed E-state index contributed by atoms with van der Waals surface area (Å²) in [7, 11) is 0. The van der Waals surface area contributed by atoms with Crippen LogP contribution in [-0.4, -0.2) is 24.5 Å². The summed E-state index contributed by atoms with van der Waals surface area (Å²) < 4.78 is 5.63. The summed E-state index contributed by atoms with van der Waals surface area (Å²) in [6.07, 6.45) is 0.109. The molecule has 0 aromatic heterocycles. The van der Waals surface area contributed by atoms with Gasteiger partial charge < -0.3 is 10.1 Å². The molecule has 1 heterocycles. The van der Waals surface area contributed by atoms with Crippen LogP contribution in [0.4, 0.5) is 0 Å². The third kappa shape index (κ3) is 3.24. The number of hydrogen-bond donors (Lipinski definition) is 2. The summed E-state index contributed by atoms with van der Waals surface area (Å²) in [4.78, 5) is 16.1. The van der Waals surface area contributed by atoms with Crippen LogP contribution in [0.15, 0.2) is 29.3 Å². The number of nitrogens with zero attached hydrogens (tertiary/aromatic N) is 1. The molecule has 0 spiro atoms. The van der Waals surface area contributed by atoms with Gasteiger partial charge in [0, 0.05) is 6.54 Å². The molecule has 0 radical (unpaired) electrons. The SMILES string of the molecule is CCN=C1NC(=O)C(c2cccc(OC(C)C)c2)N1. The van der Waals surface area contributed by atoms with E-state index in [1.54, 1.807) is 0 Å². The van der Waals surface area contributed by atoms with Crippen molar-refractivity contribution in [1.29, 1.82) is 0 Å². The van der Waals surface area contributed by atoms with Crippen molar-refractivity contribution in [2.45, 2.75) is 32.9 Å². The number of amides is 1. The van der Waals surface area contributed by atoms with Crippen LogP contribution in [0.25, 0.3) is 0 Å². The highest BCUT2D eigenvalue weighted by Gasteiger charge is 2.29. The number of benzene rings is 1. The van der Waals surface area contributed by atoms with Crippen LogP contribution < -0.4 is 15.4 Å². The standard InChI is InChI=1S/C14H19N3O2/c1-4-15-14-16-12(13(18)17-14)10-6-5-7-11(8-10)19-9(2)3/h5-9,12H,4H2,1-3H3,(H2,15,16,17,18). The van der Waals surface area contributed by atoms with E-state index in [1.165, 1.54) is 0 Å². The van der Waals surface area contributed by atoms with Gasteiger partial charge in [0.05, 0.1) is 6.10 Å². The maximum atomic E-state index is 11.9. The van der Waals surface area contributed by atoms with Crippen LogP contribution in [-0.2, 0) is 4.79 Å². The predicted molar refractivity (Wildman–Crippen MR) is 74.2 cm³/mol. The van der Waals surface area contributed by atoms with Gasteiger partial charge >= 0.3 is 0 Å². The minimum atomic E-state index is -0.402. The Labute approximate surface area is 113 Å². The maximum absolute atomic E-state index is 11.9. The van der Waals surface area contributed by atoms with E-state index in [9.17, 15) is 4.79 Å². The zero-order valence-corrected chi connectivity index (χ0v) is 11.4. The molecule has 19 heavy (non-hydrogen) atoms. The van der Waals surface area contributed by atoms with Gasteiger partial charge in [-0.3, -0.25) is 15.1 Å². The van der Waals surface area contributed by atoms with Crippen LogP contribution in [0.2, 0.25) is 0 Å². The van der Waals surface area contributed by atoms with Crippen LogP contribution in [0.1, 0.15) is 32.4 Å². The second kappa shape index (κ2) is 5.73. The van der Waals surface area contributed by atoms with Crippen molar-refractivity contribution in [3.8, 4) is 5.75 Å². The number of carbonyl (C=O) groups excluding carboxylic acids is 1. The number of carbonyl (C=O) groups is 1. The second-order valence-corrected chi connectivity index (χ2v) is 4.63. The molecule has 1 amide bonds. The quantitative estimate of drug-likeness (QED) is 0.865. The van der Waals surface area contributed by atoms with Gasteiger partial charge in [-0.2, -0.15) is 0 Å². The number of nitrogens with one attached hydrogen (secondary N) is 2. The van der Waals surface area contributed by atoms with Crippen LogP contribution >= 0.6 is 0 Å². The molecule has 0 bridgehead atoms. The summed E-state index contributed by atoms with van der Waals surface area (Å²) in [5, 5.41) is 5.79. The van der Waals surface area contributed by atoms with Crippen LogP contribution in [0.3, 0.4) is 0 Å². The average Bonchev–Trinajstić information content (AvgIpc) is 2.70. The second-order valence-electron chi connectivity index (χ2n) is 4.63. The molecule has 5 heteroatoms. The van der Waals surface area contributed by atoms with Crippen molar-refractivity contribution < 1.29 is 9.53 Å². The molecule has 2 rings (SSSR count). The molecule has 0 saturated carbocycles. The van der Waals surface area contributed by atoms with E-state index in [0.717, 1.165) is 11.3 Å². The fourth-order valence-electron chi connectivity index (χ4n) is 1.94. The predicted octanol–water partition coefficient (Wildman–Crippen LogP) is 1.61. The molecule has 0 aliphatic carbocycles. The van der Waals surface area contributed by atoms with Gasteiger partial charge in [-0.1, -0.05) is 12.1 Å². The van der Waals surface area contributed by atoms with Gasteiger partial charge in [-0.05, 0) is 38.5 Å². The summed E-state index contributed by atoms with van der Waals surface area (Å²) in [6, 6.07) is 7.15. The molecule has 1 aliphatic heterocycles. The fourth-order valence-corrected chi connectivity index (χ4v) is 1.94. The number of hydrogen-bond acceptors (Lipinski definition) is 3. The van der Waals surface area contributed by atoms with Crippen molar-refractivity contribution in [3.05, 3.63) is 29.8 Å². The van der Waals surface area contributed by atoms with Gasteiger partial charge in [0.15, 0.2) is 5.96 Å². The number of rotatable bonds is 4. The van der Waals surface area contributed by atoms with E-state index in [2.05, 4.69) is 15.6 Å². The Morgan fingerprint density at radius 1 is 1.42 bits per heavy atom. The summed E-state index contributed by atoms with van der Waals surface area (Å²) in [5.41, 5.74) is 0.872. The average molecular weight is 261 g/mol. The third-order valence-corrected chi connectivity index (χ3v) is 2.66. The van der Waals surface area contributed by atoms with Crippen molar-refractivity contribution >= 4 is 11.9 Å². The molecule has 1 aromatic rings. The molecule has 1 saturated heterocycles. The largest absolute Gasteiger partial charge is 0.491 e. The first kappa shape index (κ1) is 13.4. The lowest BCUT2D eigenvalue weighted by atomic mass is 10.1. The monoisotopic (exact) mass is 261 g/mol. The number of ether oxygens (including phenoxy) is 1. The fraction of sp³-hybridized carbons (Fsp3) is 0.429. The van der Waals surface area contributed by atoms with Gasteiger partial charge in [-0.15, -0.1) is 0 Å². The molecular weight excluding hydrogens is 242 g/mol. The lowest BCUT2D eigenvalue weighted by Gasteiger charge is -2.13. The maximum Gasteiger partial charge on any atom is 0.253 e.